The second-order valence-corrected chi connectivity index (χ2v) is 5.48. The molecule has 3 rings (SSSR count). The standard InChI is InChI=1S/C13H12ClF3N2O2/c14-8-3-5-9(6-4-8)18-13(12(15,16)17)19-7-1-2-10(19)11(20)21-13/h3-6,10,18H,1-2,7H2/t10-,13+/m1/s1. The summed E-state index contributed by atoms with van der Waals surface area (Å²) in [5, 5.41) is 2.73. The highest BCUT2D eigenvalue weighted by molar-refractivity contribution is 6.30. The monoisotopic (exact) mass is 320 g/mol. The van der Waals surface area contributed by atoms with Gasteiger partial charge in [0, 0.05) is 17.3 Å². The Bertz CT molecular complexity index is 564. The van der Waals surface area contributed by atoms with Gasteiger partial charge in [0.2, 0.25) is 0 Å². The Balaban J connectivity index is 1.98. The number of carbonyl (C=O) groups is 1. The molecule has 2 atom stereocenters. The fourth-order valence-electron chi connectivity index (χ4n) is 2.78. The highest BCUT2D eigenvalue weighted by Crippen LogP contribution is 2.45. The van der Waals surface area contributed by atoms with Crippen LogP contribution in [-0.2, 0) is 9.53 Å². The minimum atomic E-state index is -4.76. The number of ether oxygens (including phenoxy) is 1. The minimum Gasteiger partial charge on any atom is -0.414 e. The van der Waals surface area contributed by atoms with Gasteiger partial charge in [0.25, 0.3) is 0 Å². The second kappa shape index (κ2) is 4.78. The lowest BCUT2D eigenvalue weighted by Gasteiger charge is -2.37. The summed E-state index contributed by atoms with van der Waals surface area (Å²) < 4.78 is 45.5. The number of alkyl halides is 3. The largest absolute Gasteiger partial charge is 0.465 e. The third-order valence-corrected chi connectivity index (χ3v) is 3.97. The number of anilines is 1. The number of benzene rings is 1. The van der Waals surface area contributed by atoms with Crippen molar-refractivity contribution in [3.05, 3.63) is 29.3 Å². The van der Waals surface area contributed by atoms with Crippen LogP contribution in [0.15, 0.2) is 24.3 Å². The first-order valence-electron chi connectivity index (χ1n) is 6.43. The van der Waals surface area contributed by atoms with Crippen LogP contribution in [-0.4, -0.2) is 35.5 Å². The van der Waals surface area contributed by atoms with Gasteiger partial charge in [-0.15, -0.1) is 0 Å². The van der Waals surface area contributed by atoms with E-state index in [9.17, 15) is 18.0 Å². The third kappa shape index (κ3) is 2.24. The van der Waals surface area contributed by atoms with Crippen LogP contribution in [0.4, 0.5) is 18.9 Å². The van der Waals surface area contributed by atoms with Crippen molar-refractivity contribution in [2.45, 2.75) is 30.9 Å². The van der Waals surface area contributed by atoms with Gasteiger partial charge in [-0.3, -0.25) is 4.79 Å². The van der Waals surface area contributed by atoms with E-state index in [1.165, 1.54) is 24.3 Å². The number of cyclic esters (lactones) is 1. The first-order valence-corrected chi connectivity index (χ1v) is 6.81. The van der Waals surface area contributed by atoms with Gasteiger partial charge in [0.15, 0.2) is 0 Å². The van der Waals surface area contributed by atoms with Crippen molar-refractivity contribution in [3.63, 3.8) is 0 Å². The molecular formula is C13H12ClF3N2O2. The van der Waals surface area contributed by atoms with Crippen LogP contribution in [0.25, 0.3) is 0 Å². The molecule has 4 nitrogen and oxygen atoms in total. The summed E-state index contributed by atoms with van der Waals surface area (Å²) in [5.74, 6) is -3.65. The van der Waals surface area contributed by atoms with E-state index in [0.717, 1.165) is 4.90 Å². The molecule has 2 aliphatic rings. The van der Waals surface area contributed by atoms with Crippen LogP contribution in [0.5, 0.6) is 0 Å². The maximum Gasteiger partial charge on any atom is 0.465 e. The average molecular weight is 321 g/mol. The van der Waals surface area contributed by atoms with Crippen LogP contribution >= 0.6 is 11.6 Å². The van der Waals surface area contributed by atoms with Gasteiger partial charge in [-0.1, -0.05) is 11.6 Å². The van der Waals surface area contributed by atoms with Crippen LogP contribution in [0.3, 0.4) is 0 Å². The van der Waals surface area contributed by atoms with E-state index in [2.05, 4.69) is 5.32 Å². The van der Waals surface area contributed by atoms with Crippen molar-refractivity contribution < 1.29 is 22.7 Å². The highest BCUT2D eigenvalue weighted by Gasteiger charge is 2.70. The normalized spacial score (nSPS) is 29.3. The molecule has 2 fully saturated rings. The minimum absolute atomic E-state index is 0.149. The van der Waals surface area contributed by atoms with Gasteiger partial charge in [0.1, 0.15) is 6.04 Å². The van der Waals surface area contributed by atoms with E-state index < -0.39 is 24.0 Å². The van der Waals surface area contributed by atoms with Crippen LogP contribution < -0.4 is 5.32 Å². The molecule has 1 aromatic rings. The van der Waals surface area contributed by atoms with Crippen molar-refractivity contribution >= 4 is 23.3 Å². The molecule has 114 valence electrons. The van der Waals surface area contributed by atoms with Crippen LogP contribution in [0, 0.1) is 0 Å². The van der Waals surface area contributed by atoms with E-state index in [-0.39, 0.29) is 12.2 Å². The maximum atomic E-state index is 13.6. The molecule has 1 aromatic carbocycles. The van der Waals surface area contributed by atoms with Gasteiger partial charge in [-0.2, -0.15) is 13.2 Å². The summed E-state index contributed by atoms with van der Waals surface area (Å²) in [6.07, 6.45) is -3.86. The van der Waals surface area contributed by atoms with Gasteiger partial charge >= 0.3 is 18.0 Å². The molecule has 0 saturated carbocycles. The predicted molar refractivity (Wildman–Crippen MR) is 69.7 cm³/mol. The first kappa shape index (κ1) is 14.5. The zero-order chi connectivity index (χ0) is 15.3. The third-order valence-electron chi connectivity index (χ3n) is 3.72. The number of nitrogens with zero attached hydrogens (tertiary/aromatic N) is 1. The quantitative estimate of drug-likeness (QED) is 0.851. The molecule has 8 heteroatoms. The molecule has 21 heavy (non-hydrogen) atoms. The molecule has 0 radical (unpaired) electrons. The van der Waals surface area contributed by atoms with Gasteiger partial charge in [-0.05, 0) is 37.1 Å². The number of carbonyl (C=O) groups excluding carboxylic acids is 1. The lowest BCUT2D eigenvalue weighted by molar-refractivity contribution is -0.286. The second-order valence-electron chi connectivity index (χ2n) is 5.05. The maximum absolute atomic E-state index is 13.6. The zero-order valence-corrected chi connectivity index (χ0v) is 11.5. The van der Waals surface area contributed by atoms with E-state index in [4.69, 9.17) is 16.3 Å². The molecule has 0 spiro atoms. The van der Waals surface area contributed by atoms with Crippen molar-refractivity contribution in [2.75, 3.05) is 11.9 Å². The number of fused-ring (bicyclic) bond motifs is 1. The van der Waals surface area contributed by atoms with Gasteiger partial charge in [0.05, 0.1) is 0 Å². The number of nitrogens with one attached hydrogen (secondary N) is 1. The highest BCUT2D eigenvalue weighted by atomic mass is 35.5. The zero-order valence-electron chi connectivity index (χ0n) is 10.8. The molecule has 0 unspecified atom stereocenters. The summed E-state index contributed by atoms with van der Waals surface area (Å²) in [7, 11) is 0. The van der Waals surface area contributed by atoms with Crippen molar-refractivity contribution in [1.82, 2.24) is 4.90 Å². The van der Waals surface area contributed by atoms with Crippen LogP contribution in [0.1, 0.15) is 12.8 Å². The molecule has 2 heterocycles. The molecule has 2 aliphatic heterocycles. The number of hydrogen-bond donors (Lipinski definition) is 1. The number of rotatable bonds is 2. The SMILES string of the molecule is O=C1O[C@](Nc2ccc(Cl)cc2)(C(F)(F)F)N2CCC[C@H]12. The number of halogens is 4. The lowest BCUT2D eigenvalue weighted by Crippen LogP contribution is -2.62. The van der Waals surface area contributed by atoms with Crippen molar-refractivity contribution in [1.29, 1.82) is 0 Å². The Hall–Kier alpha value is -1.47. The van der Waals surface area contributed by atoms with Crippen molar-refractivity contribution in [2.24, 2.45) is 0 Å². The molecular weight excluding hydrogens is 309 g/mol. The fourth-order valence-corrected chi connectivity index (χ4v) is 2.90. The van der Waals surface area contributed by atoms with E-state index >= 15 is 0 Å². The van der Waals surface area contributed by atoms with Gasteiger partial charge in [-0.25, -0.2) is 4.90 Å². The predicted octanol–water partition coefficient (Wildman–Crippen LogP) is 2.99. The number of hydrogen-bond acceptors (Lipinski definition) is 4. The van der Waals surface area contributed by atoms with Crippen LogP contribution in [0.2, 0.25) is 5.02 Å². The summed E-state index contributed by atoms with van der Waals surface area (Å²) >= 11 is 5.72. The molecule has 2 saturated heterocycles. The Morgan fingerprint density at radius 2 is 2.00 bits per heavy atom. The topological polar surface area (TPSA) is 41.6 Å². The first-order chi connectivity index (χ1) is 9.83. The van der Waals surface area contributed by atoms with E-state index in [1.54, 1.807) is 0 Å². The smallest absolute Gasteiger partial charge is 0.414 e. The Morgan fingerprint density at radius 3 is 2.62 bits per heavy atom. The molecule has 0 aliphatic carbocycles. The molecule has 0 bridgehead atoms. The molecule has 0 aromatic heterocycles. The summed E-state index contributed by atoms with van der Waals surface area (Å²) in [4.78, 5) is 12.8. The van der Waals surface area contributed by atoms with E-state index in [1.807, 2.05) is 0 Å². The Morgan fingerprint density at radius 1 is 1.33 bits per heavy atom. The molecule has 1 N–H and O–H groups in total. The Kier molecular flexibility index (Phi) is 3.29. The summed E-state index contributed by atoms with van der Waals surface area (Å²) in [6, 6.07) is 4.91. The Labute approximate surface area is 123 Å². The average Bonchev–Trinajstić information content (AvgIpc) is 2.96. The summed E-state index contributed by atoms with van der Waals surface area (Å²) in [6.45, 7) is 0.149. The lowest BCUT2D eigenvalue weighted by atomic mass is 10.2. The van der Waals surface area contributed by atoms with Crippen molar-refractivity contribution in [3.8, 4) is 0 Å². The number of esters is 1. The van der Waals surface area contributed by atoms with Gasteiger partial charge < -0.3 is 10.1 Å². The molecule has 0 amide bonds. The summed E-state index contributed by atoms with van der Waals surface area (Å²) in [5.41, 5.74) is 0.178. The van der Waals surface area contributed by atoms with E-state index in [0.29, 0.717) is 17.9 Å². The fraction of sp³-hybridized carbons (Fsp3) is 0.462.